The van der Waals surface area contributed by atoms with Crippen LogP contribution in [-0.4, -0.2) is 24.0 Å². The van der Waals surface area contributed by atoms with Gasteiger partial charge in [0.1, 0.15) is 0 Å². The normalized spacial score (nSPS) is 14.2. The maximum absolute atomic E-state index is 12.4. The van der Waals surface area contributed by atoms with Gasteiger partial charge in [0.2, 0.25) is 5.91 Å². The number of aryl methyl sites for hydroxylation is 1. The lowest BCUT2D eigenvalue weighted by Crippen LogP contribution is -2.29. The van der Waals surface area contributed by atoms with Crippen LogP contribution in [0.1, 0.15) is 30.4 Å². The molecule has 144 valence electrons. The summed E-state index contributed by atoms with van der Waals surface area (Å²) in [5.74, 6) is -0.0498. The van der Waals surface area contributed by atoms with Gasteiger partial charge in [-0.1, -0.05) is 6.07 Å². The first-order valence-electron chi connectivity index (χ1n) is 9.86. The zero-order valence-corrected chi connectivity index (χ0v) is 16.1. The van der Waals surface area contributed by atoms with Gasteiger partial charge in [-0.25, -0.2) is 0 Å². The Morgan fingerprint density at radius 2 is 1.79 bits per heavy atom. The van der Waals surface area contributed by atoms with E-state index in [4.69, 9.17) is 0 Å². The summed E-state index contributed by atoms with van der Waals surface area (Å²) in [5, 5.41) is 3.91. The lowest BCUT2D eigenvalue weighted by molar-refractivity contribution is -0.115. The monoisotopic (exact) mass is 375 g/mol. The minimum Gasteiger partial charge on any atom is -0.372 e. The van der Waals surface area contributed by atoms with Crippen molar-refractivity contribution in [1.29, 1.82) is 0 Å². The summed E-state index contributed by atoms with van der Waals surface area (Å²) in [6.07, 6.45) is 4.10. The van der Waals surface area contributed by atoms with E-state index >= 15 is 0 Å². The number of aromatic amines is 1. The van der Waals surface area contributed by atoms with E-state index in [0.717, 1.165) is 35.2 Å². The van der Waals surface area contributed by atoms with Crippen molar-refractivity contribution in [3.8, 4) is 0 Å². The predicted molar refractivity (Wildman–Crippen MR) is 114 cm³/mol. The van der Waals surface area contributed by atoms with Crippen LogP contribution in [0.4, 0.5) is 11.4 Å². The van der Waals surface area contributed by atoms with Crippen LogP contribution in [0.3, 0.4) is 0 Å². The van der Waals surface area contributed by atoms with E-state index in [0.29, 0.717) is 12.0 Å². The highest BCUT2D eigenvalue weighted by molar-refractivity contribution is 5.93. The molecule has 0 bridgehead atoms. The van der Waals surface area contributed by atoms with Crippen molar-refractivity contribution >= 4 is 28.2 Å². The molecule has 1 saturated heterocycles. The second kappa shape index (κ2) is 7.89. The number of hydrogen-bond donors (Lipinski definition) is 2. The predicted octanol–water partition coefficient (Wildman–Crippen LogP) is 4.01. The molecule has 0 aliphatic carbocycles. The zero-order valence-electron chi connectivity index (χ0n) is 16.1. The molecular weight excluding hydrogens is 350 g/mol. The molecule has 1 aliphatic heterocycles. The number of nitrogens with zero attached hydrogens (tertiary/aromatic N) is 1. The van der Waals surface area contributed by atoms with Crippen molar-refractivity contribution in [3.63, 3.8) is 0 Å². The van der Waals surface area contributed by atoms with Gasteiger partial charge < -0.3 is 15.2 Å². The first-order valence-corrected chi connectivity index (χ1v) is 9.86. The van der Waals surface area contributed by atoms with Gasteiger partial charge in [0, 0.05) is 35.5 Å². The number of benzene rings is 2. The van der Waals surface area contributed by atoms with Crippen molar-refractivity contribution in [2.45, 2.75) is 32.6 Å². The number of amides is 1. The molecule has 28 heavy (non-hydrogen) atoms. The number of fused-ring (bicyclic) bond motifs is 1. The molecule has 2 aromatic carbocycles. The fraction of sp³-hybridized carbons (Fsp3) is 0.304. The number of anilines is 2. The van der Waals surface area contributed by atoms with E-state index < -0.39 is 0 Å². The van der Waals surface area contributed by atoms with Gasteiger partial charge in [-0.15, -0.1) is 0 Å². The van der Waals surface area contributed by atoms with Gasteiger partial charge in [-0.05, 0) is 79.6 Å². The van der Waals surface area contributed by atoms with Gasteiger partial charge in [-0.3, -0.25) is 9.59 Å². The molecule has 1 fully saturated rings. The second-order valence-electron chi connectivity index (χ2n) is 7.52. The standard InChI is InChI=1S/C23H25N3O2/c1-16-13-18-14-17(5-10-21(18)25-23(16)28)15-22(27)24-19-6-8-20(9-7-19)26-11-3-2-4-12-26/h5-10,13-14H,2-4,11-12,15H2,1H3,(H,24,27)(H,25,28). The third-order valence-electron chi connectivity index (χ3n) is 5.33. The Bertz CT molecular complexity index is 1050. The quantitative estimate of drug-likeness (QED) is 0.724. The average molecular weight is 375 g/mol. The number of pyridine rings is 1. The van der Waals surface area contributed by atoms with Gasteiger partial charge >= 0.3 is 0 Å². The van der Waals surface area contributed by atoms with Gasteiger partial charge in [0.15, 0.2) is 0 Å². The topological polar surface area (TPSA) is 65.2 Å². The van der Waals surface area contributed by atoms with Gasteiger partial charge in [-0.2, -0.15) is 0 Å². The Labute approximate surface area is 164 Å². The lowest BCUT2D eigenvalue weighted by Gasteiger charge is -2.28. The van der Waals surface area contributed by atoms with E-state index in [1.807, 2.05) is 36.4 Å². The van der Waals surface area contributed by atoms with E-state index in [-0.39, 0.29) is 11.5 Å². The average Bonchev–Trinajstić information content (AvgIpc) is 2.70. The number of carbonyl (C=O) groups excluding carboxylic acids is 1. The van der Waals surface area contributed by atoms with Gasteiger partial charge in [0.05, 0.1) is 6.42 Å². The first-order chi connectivity index (χ1) is 13.6. The summed E-state index contributed by atoms with van der Waals surface area (Å²) < 4.78 is 0. The van der Waals surface area contributed by atoms with Crippen LogP contribution in [-0.2, 0) is 11.2 Å². The molecule has 3 aromatic rings. The SMILES string of the molecule is Cc1cc2cc(CC(=O)Nc3ccc(N4CCCCC4)cc3)ccc2[nH]c1=O. The number of H-pyrrole nitrogens is 1. The van der Waals surface area contributed by atoms with Crippen molar-refractivity contribution < 1.29 is 4.79 Å². The zero-order chi connectivity index (χ0) is 19.5. The van der Waals surface area contributed by atoms with Crippen molar-refractivity contribution in [1.82, 2.24) is 4.98 Å². The number of hydrogen-bond acceptors (Lipinski definition) is 3. The Hall–Kier alpha value is -3.08. The molecule has 0 atom stereocenters. The molecule has 0 spiro atoms. The van der Waals surface area contributed by atoms with Gasteiger partial charge in [0.25, 0.3) is 5.56 Å². The molecule has 0 saturated carbocycles. The van der Waals surface area contributed by atoms with Crippen LogP contribution in [0.15, 0.2) is 53.3 Å². The Morgan fingerprint density at radius 3 is 2.54 bits per heavy atom. The Kier molecular flexibility index (Phi) is 5.15. The Balaban J connectivity index is 1.41. The molecule has 1 aliphatic rings. The number of carbonyl (C=O) groups is 1. The summed E-state index contributed by atoms with van der Waals surface area (Å²) in [4.78, 5) is 29.4. The van der Waals surface area contributed by atoms with Crippen molar-refractivity contribution in [2.24, 2.45) is 0 Å². The second-order valence-corrected chi connectivity index (χ2v) is 7.52. The summed E-state index contributed by atoms with van der Waals surface area (Å²) >= 11 is 0. The molecule has 1 aromatic heterocycles. The highest BCUT2D eigenvalue weighted by Crippen LogP contribution is 2.22. The molecule has 2 heterocycles. The maximum Gasteiger partial charge on any atom is 0.251 e. The van der Waals surface area contributed by atoms with Crippen LogP contribution in [0.2, 0.25) is 0 Å². The smallest absolute Gasteiger partial charge is 0.251 e. The summed E-state index contributed by atoms with van der Waals surface area (Å²) in [6, 6.07) is 15.6. The molecule has 5 heteroatoms. The minimum atomic E-state index is -0.0778. The van der Waals surface area contributed by atoms with Crippen molar-refractivity contribution in [2.75, 3.05) is 23.3 Å². The molecule has 4 rings (SSSR count). The Morgan fingerprint density at radius 1 is 1.04 bits per heavy atom. The summed E-state index contributed by atoms with van der Waals surface area (Å²) in [6.45, 7) is 4.00. The fourth-order valence-corrected chi connectivity index (χ4v) is 3.77. The number of rotatable bonds is 4. The van der Waals surface area contributed by atoms with Crippen LogP contribution in [0, 0.1) is 6.92 Å². The third-order valence-corrected chi connectivity index (χ3v) is 5.33. The van der Waals surface area contributed by atoms with Crippen molar-refractivity contribution in [3.05, 3.63) is 70.0 Å². The van der Waals surface area contributed by atoms with E-state index in [9.17, 15) is 9.59 Å². The van der Waals surface area contributed by atoms with Crippen LogP contribution in [0.5, 0.6) is 0 Å². The highest BCUT2D eigenvalue weighted by Gasteiger charge is 2.11. The molecule has 1 amide bonds. The number of nitrogens with one attached hydrogen (secondary N) is 2. The molecule has 2 N–H and O–H groups in total. The maximum atomic E-state index is 12.4. The molecule has 5 nitrogen and oxygen atoms in total. The lowest BCUT2D eigenvalue weighted by atomic mass is 10.1. The summed E-state index contributed by atoms with van der Waals surface area (Å²) in [5.41, 5.74) is 4.33. The van der Waals surface area contributed by atoms with E-state index in [2.05, 4.69) is 27.3 Å². The number of piperidine rings is 1. The molecular formula is C23H25N3O2. The third kappa shape index (κ3) is 4.09. The van der Waals surface area contributed by atoms with Crippen LogP contribution < -0.4 is 15.8 Å². The highest BCUT2D eigenvalue weighted by atomic mass is 16.1. The first kappa shape index (κ1) is 18.3. The fourth-order valence-electron chi connectivity index (χ4n) is 3.77. The van der Waals surface area contributed by atoms with E-state index in [1.165, 1.54) is 24.9 Å². The van der Waals surface area contributed by atoms with E-state index in [1.54, 1.807) is 6.92 Å². The minimum absolute atomic E-state index is 0.0498. The largest absolute Gasteiger partial charge is 0.372 e. The number of aromatic nitrogens is 1. The van der Waals surface area contributed by atoms with Crippen LogP contribution >= 0.6 is 0 Å². The molecule has 0 radical (unpaired) electrons. The molecule has 0 unspecified atom stereocenters. The van der Waals surface area contributed by atoms with Crippen LogP contribution in [0.25, 0.3) is 10.9 Å². The summed E-state index contributed by atoms with van der Waals surface area (Å²) in [7, 11) is 0.